The Morgan fingerprint density at radius 3 is 2.63 bits per heavy atom. The fourth-order valence-electron chi connectivity index (χ4n) is 2.64. The van der Waals surface area contributed by atoms with E-state index in [9.17, 15) is 0 Å². The first-order chi connectivity index (χ1) is 8.77. The van der Waals surface area contributed by atoms with E-state index in [-0.39, 0.29) is 5.84 Å². The predicted molar refractivity (Wildman–Crippen MR) is 79.8 cm³/mol. The van der Waals surface area contributed by atoms with Crippen LogP contribution in [0.1, 0.15) is 38.4 Å². The van der Waals surface area contributed by atoms with Crippen molar-refractivity contribution in [1.29, 1.82) is 5.41 Å². The maximum Gasteiger partial charge on any atom is 0.129 e. The summed E-state index contributed by atoms with van der Waals surface area (Å²) in [7, 11) is 0. The maximum absolute atomic E-state index is 7.57. The SMILES string of the molecule is Cc1cc(C(=N)N)cc(N2CCC(C(C)(C)C)C2)n1. The summed E-state index contributed by atoms with van der Waals surface area (Å²) in [4.78, 5) is 6.90. The fourth-order valence-corrected chi connectivity index (χ4v) is 2.64. The lowest BCUT2D eigenvalue weighted by Gasteiger charge is -2.27. The van der Waals surface area contributed by atoms with Crippen LogP contribution in [0.2, 0.25) is 0 Å². The number of aromatic nitrogens is 1. The first-order valence-electron chi connectivity index (χ1n) is 6.85. The molecule has 1 aromatic rings. The molecule has 1 aromatic heterocycles. The Morgan fingerprint density at radius 2 is 2.11 bits per heavy atom. The molecule has 0 saturated carbocycles. The molecule has 0 radical (unpaired) electrons. The van der Waals surface area contributed by atoms with Gasteiger partial charge in [0.2, 0.25) is 0 Å². The van der Waals surface area contributed by atoms with Gasteiger partial charge >= 0.3 is 0 Å². The number of hydrogen-bond donors (Lipinski definition) is 2. The maximum atomic E-state index is 7.57. The Bertz CT molecular complexity index is 487. The van der Waals surface area contributed by atoms with Gasteiger partial charge in [0.25, 0.3) is 0 Å². The molecule has 0 aliphatic carbocycles. The number of hydrogen-bond acceptors (Lipinski definition) is 3. The first kappa shape index (κ1) is 13.8. The summed E-state index contributed by atoms with van der Waals surface area (Å²) in [6.07, 6.45) is 1.20. The molecule has 3 N–H and O–H groups in total. The van der Waals surface area contributed by atoms with Crippen LogP contribution in [0.15, 0.2) is 12.1 Å². The number of nitrogens with one attached hydrogen (secondary N) is 1. The molecule has 1 aliphatic heterocycles. The Balaban J connectivity index is 2.22. The van der Waals surface area contributed by atoms with Gasteiger partial charge in [-0.25, -0.2) is 4.98 Å². The third-order valence-electron chi connectivity index (χ3n) is 3.99. The van der Waals surface area contributed by atoms with Crippen molar-refractivity contribution >= 4 is 11.7 Å². The zero-order valence-corrected chi connectivity index (χ0v) is 12.3. The highest BCUT2D eigenvalue weighted by atomic mass is 15.2. The van der Waals surface area contributed by atoms with E-state index in [4.69, 9.17) is 11.1 Å². The summed E-state index contributed by atoms with van der Waals surface area (Å²) >= 11 is 0. The van der Waals surface area contributed by atoms with E-state index in [0.717, 1.165) is 30.2 Å². The summed E-state index contributed by atoms with van der Waals surface area (Å²) < 4.78 is 0. The first-order valence-corrected chi connectivity index (χ1v) is 6.85. The van der Waals surface area contributed by atoms with Gasteiger partial charge in [0.05, 0.1) is 0 Å². The van der Waals surface area contributed by atoms with Gasteiger partial charge in [-0.05, 0) is 36.8 Å². The lowest BCUT2D eigenvalue weighted by Crippen LogP contribution is -2.26. The fraction of sp³-hybridized carbons (Fsp3) is 0.600. The summed E-state index contributed by atoms with van der Waals surface area (Å²) in [6, 6.07) is 3.80. The molecule has 0 aromatic carbocycles. The van der Waals surface area contributed by atoms with Crippen molar-refractivity contribution in [3.8, 4) is 0 Å². The lowest BCUT2D eigenvalue weighted by molar-refractivity contribution is 0.263. The summed E-state index contributed by atoms with van der Waals surface area (Å²) in [5, 5.41) is 7.57. The third-order valence-corrected chi connectivity index (χ3v) is 3.99. The summed E-state index contributed by atoms with van der Waals surface area (Å²) in [5.74, 6) is 1.76. The molecule has 2 heterocycles. The van der Waals surface area contributed by atoms with Crippen LogP contribution >= 0.6 is 0 Å². The minimum Gasteiger partial charge on any atom is -0.384 e. The smallest absolute Gasteiger partial charge is 0.129 e. The molecule has 1 fully saturated rings. The van der Waals surface area contributed by atoms with Crippen LogP contribution < -0.4 is 10.6 Å². The van der Waals surface area contributed by atoms with Crippen LogP contribution in [-0.4, -0.2) is 23.9 Å². The highest BCUT2D eigenvalue weighted by Gasteiger charge is 2.32. The molecule has 0 spiro atoms. The Kier molecular flexibility index (Phi) is 3.52. The number of nitrogens with zero attached hydrogens (tertiary/aromatic N) is 2. The molecule has 4 nitrogen and oxygen atoms in total. The molecule has 1 aliphatic rings. The van der Waals surface area contributed by atoms with Gasteiger partial charge in [-0.1, -0.05) is 20.8 Å². The molecule has 0 bridgehead atoms. The van der Waals surface area contributed by atoms with E-state index in [2.05, 4.69) is 30.7 Å². The van der Waals surface area contributed by atoms with Crippen molar-refractivity contribution in [3.63, 3.8) is 0 Å². The lowest BCUT2D eigenvalue weighted by atomic mass is 9.80. The van der Waals surface area contributed by atoms with Gasteiger partial charge in [0, 0.05) is 24.3 Å². The molecule has 0 amide bonds. The minimum atomic E-state index is 0.110. The normalized spacial score (nSPS) is 19.8. The molecule has 19 heavy (non-hydrogen) atoms. The van der Waals surface area contributed by atoms with Gasteiger partial charge in [-0.3, -0.25) is 5.41 Å². The van der Waals surface area contributed by atoms with Gasteiger partial charge in [-0.2, -0.15) is 0 Å². The third kappa shape index (κ3) is 3.06. The summed E-state index contributed by atoms with van der Waals surface area (Å²) in [6.45, 7) is 10.9. The second-order valence-electron chi connectivity index (χ2n) is 6.57. The van der Waals surface area contributed by atoms with Gasteiger partial charge < -0.3 is 10.6 Å². The van der Waals surface area contributed by atoms with Crippen molar-refractivity contribution < 1.29 is 0 Å². The van der Waals surface area contributed by atoms with Gasteiger partial charge in [0.15, 0.2) is 0 Å². The van der Waals surface area contributed by atoms with Crippen molar-refractivity contribution in [2.45, 2.75) is 34.1 Å². The van der Waals surface area contributed by atoms with E-state index in [0.29, 0.717) is 11.3 Å². The monoisotopic (exact) mass is 260 g/mol. The van der Waals surface area contributed by atoms with E-state index in [1.807, 2.05) is 19.1 Å². The average Bonchev–Trinajstić information content (AvgIpc) is 2.76. The minimum absolute atomic E-state index is 0.110. The number of rotatable bonds is 2. The molecule has 1 saturated heterocycles. The zero-order chi connectivity index (χ0) is 14.2. The van der Waals surface area contributed by atoms with Crippen molar-refractivity contribution in [2.24, 2.45) is 17.1 Å². The number of aryl methyl sites for hydroxylation is 1. The molecule has 1 atom stereocenters. The largest absolute Gasteiger partial charge is 0.384 e. The summed E-state index contributed by atoms with van der Waals surface area (Å²) in [5.41, 5.74) is 7.60. The molecular weight excluding hydrogens is 236 g/mol. The highest BCUT2D eigenvalue weighted by molar-refractivity contribution is 5.95. The van der Waals surface area contributed by atoms with Crippen LogP contribution in [0.5, 0.6) is 0 Å². The van der Waals surface area contributed by atoms with Crippen molar-refractivity contribution in [2.75, 3.05) is 18.0 Å². The standard InChI is InChI=1S/C15H24N4/c1-10-7-11(14(16)17)8-13(18-10)19-6-5-12(9-19)15(2,3)4/h7-8,12H,5-6,9H2,1-4H3,(H3,16,17). The van der Waals surface area contributed by atoms with Gasteiger partial charge in [0.1, 0.15) is 11.7 Å². The molecule has 1 unspecified atom stereocenters. The number of anilines is 1. The molecular formula is C15H24N4. The van der Waals surface area contributed by atoms with Crippen LogP contribution in [0, 0.1) is 23.7 Å². The number of pyridine rings is 1. The van der Waals surface area contributed by atoms with Crippen LogP contribution in [-0.2, 0) is 0 Å². The van der Waals surface area contributed by atoms with Crippen molar-refractivity contribution in [3.05, 3.63) is 23.4 Å². The Hall–Kier alpha value is -1.58. The number of nitrogen functional groups attached to an aromatic ring is 1. The second-order valence-corrected chi connectivity index (χ2v) is 6.57. The second kappa shape index (κ2) is 4.83. The van der Waals surface area contributed by atoms with Crippen LogP contribution in [0.25, 0.3) is 0 Å². The average molecular weight is 260 g/mol. The molecule has 2 rings (SSSR count). The van der Waals surface area contributed by atoms with E-state index in [1.54, 1.807) is 0 Å². The topological polar surface area (TPSA) is 66.0 Å². The Labute approximate surface area is 115 Å². The quantitative estimate of drug-likeness (QED) is 0.634. The van der Waals surface area contributed by atoms with E-state index in [1.165, 1.54) is 6.42 Å². The van der Waals surface area contributed by atoms with E-state index >= 15 is 0 Å². The number of amidine groups is 1. The predicted octanol–water partition coefficient (Wildman–Crippen LogP) is 2.55. The van der Waals surface area contributed by atoms with Crippen molar-refractivity contribution in [1.82, 2.24) is 4.98 Å². The highest BCUT2D eigenvalue weighted by Crippen LogP contribution is 2.35. The van der Waals surface area contributed by atoms with Gasteiger partial charge in [-0.15, -0.1) is 0 Å². The zero-order valence-electron chi connectivity index (χ0n) is 12.3. The molecule has 4 heteroatoms. The number of nitrogens with two attached hydrogens (primary N) is 1. The Morgan fingerprint density at radius 1 is 1.42 bits per heavy atom. The van der Waals surface area contributed by atoms with E-state index < -0.39 is 0 Å². The van der Waals surface area contributed by atoms with Crippen LogP contribution in [0.4, 0.5) is 5.82 Å². The van der Waals surface area contributed by atoms with Crippen LogP contribution in [0.3, 0.4) is 0 Å². The molecule has 104 valence electrons.